The lowest BCUT2D eigenvalue weighted by atomic mass is 9.95. The summed E-state index contributed by atoms with van der Waals surface area (Å²) in [5, 5.41) is 4.23. The number of aromatic nitrogens is 2. The van der Waals surface area contributed by atoms with E-state index in [9.17, 15) is 0 Å². The first-order chi connectivity index (χ1) is 8.06. The predicted octanol–water partition coefficient (Wildman–Crippen LogP) is 3.02. The number of hydrogen-bond acceptors (Lipinski definition) is 2. The van der Waals surface area contributed by atoms with Crippen LogP contribution < -0.4 is 4.74 Å². The van der Waals surface area contributed by atoms with Gasteiger partial charge < -0.3 is 4.74 Å². The molecule has 2 rings (SSSR count). The van der Waals surface area contributed by atoms with E-state index in [1.165, 1.54) is 22.3 Å². The summed E-state index contributed by atoms with van der Waals surface area (Å²) in [5.74, 6) is 0.950. The molecule has 3 nitrogen and oxygen atoms in total. The van der Waals surface area contributed by atoms with Crippen LogP contribution in [-0.2, 0) is 7.05 Å². The second-order valence-electron chi connectivity index (χ2n) is 4.36. The number of aryl methyl sites for hydroxylation is 2. The Labute approximate surface area is 102 Å². The lowest BCUT2D eigenvalue weighted by Gasteiger charge is -2.16. The molecule has 0 atom stereocenters. The first-order valence-corrected chi connectivity index (χ1v) is 5.69. The van der Waals surface area contributed by atoms with Crippen molar-refractivity contribution in [2.45, 2.75) is 20.8 Å². The van der Waals surface area contributed by atoms with Crippen molar-refractivity contribution in [1.82, 2.24) is 9.78 Å². The van der Waals surface area contributed by atoms with Crippen LogP contribution >= 0.6 is 0 Å². The zero-order valence-electron chi connectivity index (χ0n) is 11.0. The second kappa shape index (κ2) is 4.24. The highest BCUT2D eigenvalue weighted by Crippen LogP contribution is 2.33. The van der Waals surface area contributed by atoms with Gasteiger partial charge >= 0.3 is 0 Å². The largest absolute Gasteiger partial charge is 0.496 e. The SMILES string of the molecule is COc1cc(C)c(-c2ccnn2C)c(C)c1C. The predicted molar refractivity (Wildman–Crippen MR) is 69.4 cm³/mol. The number of methoxy groups -OCH3 is 1. The third kappa shape index (κ3) is 1.82. The van der Waals surface area contributed by atoms with Crippen LogP contribution in [-0.4, -0.2) is 16.9 Å². The Bertz CT molecular complexity index is 556. The molecule has 0 aliphatic rings. The smallest absolute Gasteiger partial charge is 0.122 e. The molecule has 0 N–H and O–H groups in total. The molecule has 17 heavy (non-hydrogen) atoms. The van der Waals surface area contributed by atoms with Gasteiger partial charge in [0.1, 0.15) is 5.75 Å². The van der Waals surface area contributed by atoms with Gasteiger partial charge in [-0.25, -0.2) is 0 Å². The highest BCUT2D eigenvalue weighted by Gasteiger charge is 2.14. The zero-order valence-corrected chi connectivity index (χ0v) is 11.0. The van der Waals surface area contributed by atoms with E-state index in [-0.39, 0.29) is 0 Å². The Morgan fingerprint density at radius 1 is 1.18 bits per heavy atom. The molecule has 0 aliphatic carbocycles. The molecule has 2 aromatic rings. The van der Waals surface area contributed by atoms with E-state index in [1.807, 2.05) is 24.0 Å². The lowest BCUT2D eigenvalue weighted by molar-refractivity contribution is 0.411. The van der Waals surface area contributed by atoms with Crippen LogP contribution in [0.3, 0.4) is 0 Å². The minimum atomic E-state index is 0.950. The molecule has 3 heteroatoms. The van der Waals surface area contributed by atoms with E-state index >= 15 is 0 Å². The van der Waals surface area contributed by atoms with Gasteiger partial charge in [0.05, 0.1) is 12.8 Å². The third-order valence-electron chi connectivity index (χ3n) is 3.35. The van der Waals surface area contributed by atoms with E-state index in [1.54, 1.807) is 7.11 Å². The number of nitrogens with zero attached hydrogens (tertiary/aromatic N) is 2. The van der Waals surface area contributed by atoms with Crippen molar-refractivity contribution >= 4 is 0 Å². The molecule has 0 fully saturated rings. The lowest BCUT2D eigenvalue weighted by Crippen LogP contribution is -2.00. The number of benzene rings is 1. The topological polar surface area (TPSA) is 27.1 Å². The van der Waals surface area contributed by atoms with E-state index in [2.05, 4.69) is 31.9 Å². The van der Waals surface area contributed by atoms with Crippen molar-refractivity contribution in [2.24, 2.45) is 7.05 Å². The van der Waals surface area contributed by atoms with Gasteiger partial charge in [-0.05, 0) is 49.6 Å². The van der Waals surface area contributed by atoms with Gasteiger partial charge in [-0.3, -0.25) is 4.68 Å². The Hall–Kier alpha value is -1.77. The maximum absolute atomic E-state index is 5.39. The molecular formula is C14H18N2O. The number of hydrogen-bond donors (Lipinski definition) is 0. The van der Waals surface area contributed by atoms with Crippen LogP contribution in [0.5, 0.6) is 5.75 Å². The Morgan fingerprint density at radius 2 is 1.88 bits per heavy atom. The minimum absolute atomic E-state index is 0.950. The van der Waals surface area contributed by atoms with Crippen molar-refractivity contribution in [3.63, 3.8) is 0 Å². The fourth-order valence-corrected chi connectivity index (χ4v) is 2.27. The Kier molecular flexibility index (Phi) is 2.92. The molecule has 0 amide bonds. The van der Waals surface area contributed by atoms with Gasteiger partial charge in [0.15, 0.2) is 0 Å². The Balaban J connectivity index is 2.72. The molecule has 0 unspecified atom stereocenters. The maximum Gasteiger partial charge on any atom is 0.122 e. The van der Waals surface area contributed by atoms with Gasteiger partial charge in [0, 0.05) is 18.8 Å². The number of ether oxygens (including phenoxy) is 1. The van der Waals surface area contributed by atoms with E-state index in [0.717, 1.165) is 11.4 Å². The second-order valence-corrected chi connectivity index (χ2v) is 4.36. The molecule has 90 valence electrons. The van der Waals surface area contributed by atoms with Gasteiger partial charge in [0.2, 0.25) is 0 Å². The van der Waals surface area contributed by atoms with Crippen molar-refractivity contribution in [2.75, 3.05) is 7.11 Å². The fourth-order valence-electron chi connectivity index (χ4n) is 2.27. The maximum atomic E-state index is 5.39. The van der Waals surface area contributed by atoms with Gasteiger partial charge in [0.25, 0.3) is 0 Å². The fraction of sp³-hybridized carbons (Fsp3) is 0.357. The quantitative estimate of drug-likeness (QED) is 0.793. The summed E-state index contributed by atoms with van der Waals surface area (Å²) in [5.41, 5.74) is 6.06. The normalized spacial score (nSPS) is 10.6. The summed E-state index contributed by atoms with van der Waals surface area (Å²) in [7, 11) is 3.68. The first kappa shape index (κ1) is 11.7. The van der Waals surface area contributed by atoms with Crippen molar-refractivity contribution in [3.8, 4) is 17.0 Å². The molecule has 0 saturated carbocycles. The monoisotopic (exact) mass is 230 g/mol. The van der Waals surface area contributed by atoms with Crippen LogP contribution in [0.25, 0.3) is 11.3 Å². The summed E-state index contributed by atoms with van der Waals surface area (Å²) in [6.07, 6.45) is 1.83. The molecule has 0 saturated heterocycles. The zero-order chi connectivity index (χ0) is 12.6. The van der Waals surface area contributed by atoms with Crippen LogP contribution in [0.1, 0.15) is 16.7 Å². The molecule has 0 bridgehead atoms. The summed E-state index contributed by atoms with van der Waals surface area (Å²) < 4.78 is 7.29. The summed E-state index contributed by atoms with van der Waals surface area (Å²) in [4.78, 5) is 0. The standard InChI is InChI=1S/C14H18N2O/c1-9-8-13(17-5)10(2)11(3)14(9)12-6-7-15-16(12)4/h6-8H,1-5H3. The molecule has 1 heterocycles. The summed E-state index contributed by atoms with van der Waals surface area (Å²) >= 11 is 0. The highest BCUT2D eigenvalue weighted by molar-refractivity contribution is 5.71. The highest BCUT2D eigenvalue weighted by atomic mass is 16.5. The van der Waals surface area contributed by atoms with Gasteiger partial charge in [-0.15, -0.1) is 0 Å². The molecule has 0 spiro atoms. The average Bonchev–Trinajstić information content (AvgIpc) is 2.70. The number of rotatable bonds is 2. The average molecular weight is 230 g/mol. The van der Waals surface area contributed by atoms with Crippen LogP contribution in [0, 0.1) is 20.8 Å². The summed E-state index contributed by atoms with van der Waals surface area (Å²) in [6.45, 7) is 6.33. The van der Waals surface area contributed by atoms with Gasteiger partial charge in [-0.1, -0.05) is 0 Å². The van der Waals surface area contributed by atoms with Crippen molar-refractivity contribution in [1.29, 1.82) is 0 Å². The first-order valence-electron chi connectivity index (χ1n) is 5.69. The molecule has 0 radical (unpaired) electrons. The Morgan fingerprint density at radius 3 is 2.41 bits per heavy atom. The van der Waals surface area contributed by atoms with Crippen LogP contribution in [0.4, 0.5) is 0 Å². The van der Waals surface area contributed by atoms with Crippen LogP contribution in [0.15, 0.2) is 18.3 Å². The van der Waals surface area contributed by atoms with Gasteiger partial charge in [-0.2, -0.15) is 5.10 Å². The van der Waals surface area contributed by atoms with Crippen molar-refractivity contribution in [3.05, 3.63) is 35.0 Å². The van der Waals surface area contributed by atoms with Crippen molar-refractivity contribution < 1.29 is 4.74 Å². The molecule has 0 aliphatic heterocycles. The van der Waals surface area contributed by atoms with E-state index in [0.29, 0.717) is 0 Å². The minimum Gasteiger partial charge on any atom is -0.496 e. The molecule has 1 aromatic heterocycles. The van der Waals surface area contributed by atoms with Crippen LogP contribution in [0.2, 0.25) is 0 Å². The summed E-state index contributed by atoms with van der Waals surface area (Å²) in [6, 6.07) is 4.13. The van der Waals surface area contributed by atoms with E-state index < -0.39 is 0 Å². The molecule has 1 aromatic carbocycles. The molecular weight excluding hydrogens is 212 g/mol. The third-order valence-corrected chi connectivity index (χ3v) is 3.35. The van der Waals surface area contributed by atoms with E-state index in [4.69, 9.17) is 4.74 Å².